The fraction of sp³-hybridized carbons (Fsp3) is 0.235. The lowest BCUT2D eigenvalue weighted by Crippen LogP contribution is -1.97. The Kier molecular flexibility index (Phi) is 3.11. The van der Waals surface area contributed by atoms with Gasteiger partial charge in [0.1, 0.15) is 11.6 Å². The van der Waals surface area contributed by atoms with E-state index in [-0.39, 0.29) is 0 Å². The second-order valence-electron chi connectivity index (χ2n) is 5.62. The van der Waals surface area contributed by atoms with Gasteiger partial charge in [0, 0.05) is 30.9 Å². The van der Waals surface area contributed by atoms with Crippen molar-refractivity contribution in [2.24, 2.45) is 7.05 Å². The van der Waals surface area contributed by atoms with Gasteiger partial charge in [-0.1, -0.05) is 6.07 Å². The second kappa shape index (κ2) is 5.26. The maximum absolute atomic E-state index is 4.63. The summed E-state index contributed by atoms with van der Waals surface area (Å²) < 4.78 is 1.95. The van der Waals surface area contributed by atoms with Gasteiger partial charge < -0.3 is 5.32 Å². The molecule has 1 N–H and O–H groups in total. The summed E-state index contributed by atoms with van der Waals surface area (Å²) >= 11 is 0. The summed E-state index contributed by atoms with van der Waals surface area (Å²) in [7, 11) is 1.99. The Morgan fingerprint density at radius 1 is 1.05 bits per heavy atom. The van der Waals surface area contributed by atoms with Crippen molar-refractivity contribution >= 4 is 11.6 Å². The van der Waals surface area contributed by atoms with Gasteiger partial charge in [-0.15, -0.1) is 0 Å². The number of nitrogens with one attached hydrogen (secondary N) is 1. The van der Waals surface area contributed by atoms with Crippen LogP contribution in [-0.4, -0.2) is 19.7 Å². The van der Waals surface area contributed by atoms with Crippen molar-refractivity contribution < 1.29 is 0 Å². The number of hydrogen-bond acceptors (Lipinski definition) is 4. The number of rotatable bonds is 4. The number of hydrogen-bond donors (Lipinski definition) is 1. The fourth-order valence-corrected chi connectivity index (χ4v) is 2.56. The van der Waals surface area contributed by atoms with Crippen LogP contribution in [0.3, 0.4) is 0 Å². The van der Waals surface area contributed by atoms with Crippen LogP contribution in [0.25, 0.3) is 11.3 Å². The molecule has 0 aliphatic heterocycles. The number of aromatic nitrogens is 4. The predicted octanol–water partition coefficient (Wildman–Crippen LogP) is 3.50. The van der Waals surface area contributed by atoms with E-state index in [1.807, 2.05) is 48.3 Å². The monoisotopic (exact) mass is 291 g/mol. The van der Waals surface area contributed by atoms with Gasteiger partial charge in [-0.2, -0.15) is 5.10 Å². The zero-order chi connectivity index (χ0) is 14.9. The molecule has 3 aromatic rings. The largest absolute Gasteiger partial charge is 0.325 e. The Labute approximate surface area is 129 Å². The molecule has 0 saturated heterocycles. The Morgan fingerprint density at radius 2 is 1.91 bits per heavy atom. The van der Waals surface area contributed by atoms with Crippen molar-refractivity contribution in [3.63, 3.8) is 0 Å². The number of aryl methyl sites for hydroxylation is 1. The fourth-order valence-electron chi connectivity index (χ4n) is 2.56. The molecule has 0 aromatic carbocycles. The summed E-state index contributed by atoms with van der Waals surface area (Å²) in [5.41, 5.74) is 3.43. The Bertz CT molecular complexity index is 790. The van der Waals surface area contributed by atoms with E-state index >= 15 is 0 Å². The van der Waals surface area contributed by atoms with Gasteiger partial charge in [0.2, 0.25) is 0 Å². The first-order valence-corrected chi connectivity index (χ1v) is 7.48. The van der Waals surface area contributed by atoms with Gasteiger partial charge in [-0.3, -0.25) is 4.68 Å². The average molecular weight is 291 g/mol. The minimum atomic E-state index is 0.660. The molecule has 3 aromatic heterocycles. The van der Waals surface area contributed by atoms with E-state index in [1.165, 1.54) is 18.5 Å². The average Bonchev–Trinajstić information content (AvgIpc) is 3.31. The van der Waals surface area contributed by atoms with E-state index in [0.29, 0.717) is 5.92 Å². The van der Waals surface area contributed by atoms with Crippen molar-refractivity contribution in [3.05, 3.63) is 54.5 Å². The molecule has 22 heavy (non-hydrogen) atoms. The summed E-state index contributed by atoms with van der Waals surface area (Å²) in [6, 6.07) is 12.0. The molecule has 0 atom stereocenters. The molecule has 0 spiro atoms. The van der Waals surface area contributed by atoms with Gasteiger partial charge in [-0.25, -0.2) is 9.97 Å². The van der Waals surface area contributed by atoms with Crippen LogP contribution in [0, 0.1) is 0 Å². The SMILES string of the molecule is Cn1nc(C2CC2)cc1-c1ccnc(Nc2ccccn2)c1. The lowest BCUT2D eigenvalue weighted by atomic mass is 10.1. The maximum Gasteiger partial charge on any atom is 0.132 e. The molecule has 5 nitrogen and oxygen atoms in total. The van der Waals surface area contributed by atoms with E-state index < -0.39 is 0 Å². The highest BCUT2D eigenvalue weighted by Gasteiger charge is 2.27. The smallest absolute Gasteiger partial charge is 0.132 e. The minimum Gasteiger partial charge on any atom is -0.325 e. The lowest BCUT2D eigenvalue weighted by molar-refractivity contribution is 0.750. The van der Waals surface area contributed by atoms with Crippen molar-refractivity contribution in [2.45, 2.75) is 18.8 Å². The van der Waals surface area contributed by atoms with Crippen LogP contribution in [0.1, 0.15) is 24.5 Å². The van der Waals surface area contributed by atoms with E-state index in [4.69, 9.17) is 0 Å². The van der Waals surface area contributed by atoms with E-state index in [1.54, 1.807) is 6.20 Å². The third-order valence-electron chi connectivity index (χ3n) is 3.87. The van der Waals surface area contributed by atoms with E-state index in [2.05, 4.69) is 26.4 Å². The van der Waals surface area contributed by atoms with Gasteiger partial charge in [-0.05, 0) is 43.2 Å². The normalized spacial score (nSPS) is 14.0. The standard InChI is InChI=1S/C17H17N5/c1-22-15(11-14(21-22)12-5-6-12)13-7-9-19-17(10-13)20-16-4-2-3-8-18-16/h2-4,7-12H,5-6H2,1H3,(H,18,19,20). The van der Waals surface area contributed by atoms with Crippen LogP contribution in [0.4, 0.5) is 11.6 Å². The highest BCUT2D eigenvalue weighted by Crippen LogP contribution is 2.40. The van der Waals surface area contributed by atoms with E-state index in [9.17, 15) is 0 Å². The molecule has 0 unspecified atom stereocenters. The first-order chi connectivity index (χ1) is 10.8. The molecule has 0 bridgehead atoms. The van der Waals surface area contributed by atoms with Crippen LogP contribution < -0.4 is 5.32 Å². The Morgan fingerprint density at radius 3 is 2.68 bits per heavy atom. The third kappa shape index (κ3) is 2.57. The molecule has 1 aliphatic carbocycles. The van der Waals surface area contributed by atoms with Crippen LogP contribution >= 0.6 is 0 Å². The zero-order valence-corrected chi connectivity index (χ0v) is 12.4. The molecule has 110 valence electrons. The quantitative estimate of drug-likeness (QED) is 0.799. The van der Waals surface area contributed by atoms with Crippen molar-refractivity contribution in [1.82, 2.24) is 19.7 Å². The highest BCUT2D eigenvalue weighted by molar-refractivity contribution is 5.65. The number of anilines is 2. The molecular weight excluding hydrogens is 274 g/mol. The number of nitrogens with zero attached hydrogens (tertiary/aromatic N) is 4. The summed E-state index contributed by atoms with van der Waals surface area (Å²) in [5.74, 6) is 2.23. The molecule has 5 heteroatoms. The molecular formula is C17H17N5. The molecule has 4 rings (SSSR count). The minimum absolute atomic E-state index is 0.660. The zero-order valence-electron chi connectivity index (χ0n) is 12.4. The lowest BCUT2D eigenvalue weighted by Gasteiger charge is -2.07. The van der Waals surface area contributed by atoms with Crippen LogP contribution in [0.2, 0.25) is 0 Å². The van der Waals surface area contributed by atoms with Gasteiger partial charge >= 0.3 is 0 Å². The summed E-state index contributed by atoms with van der Waals surface area (Å²) in [4.78, 5) is 8.62. The first-order valence-electron chi connectivity index (χ1n) is 7.48. The van der Waals surface area contributed by atoms with Crippen molar-refractivity contribution in [1.29, 1.82) is 0 Å². The third-order valence-corrected chi connectivity index (χ3v) is 3.87. The van der Waals surface area contributed by atoms with Crippen LogP contribution in [-0.2, 0) is 7.05 Å². The molecule has 3 heterocycles. The molecule has 1 saturated carbocycles. The highest BCUT2D eigenvalue weighted by atomic mass is 15.3. The summed E-state index contributed by atoms with van der Waals surface area (Å²) in [6.45, 7) is 0. The number of pyridine rings is 2. The van der Waals surface area contributed by atoms with Crippen LogP contribution in [0.5, 0.6) is 0 Å². The topological polar surface area (TPSA) is 55.6 Å². The summed E-state index contributed by atoms with van der Waals surface area (Å²) in [6.07, 6.45) is 6.10. The van der Waals surface area contributed by atoms with E-state index in [0.717, 1.165) is 22.9 Å². The van der Waals surface area contributed by atoms with Gasteiger partial charge in [0.25, 0.3) is 0 Å². The van der Waals surface area contributed by atoms with Crippen LogP contribution in [0.15, 0.2) is 48.8 Å². The predicted molar refractivity (Wildman–Crippen MR) is 85.9 cm³/mol. The van der Waals surface area contributed by atoms with Gasteiger partial charge in [0.15, 0.2) is 0 Å². The Hall–Kier alpha value is -2.69. The second-order valence-corrected chi connectivity index (χ2v) is 5.62. The first kappa shape index (κ1) is 13.0. The maximum atomic E-state index is 4.63. The van der Waals surface area contributed by atoms with Gasteiger partial charge in [0.05, 0.1) is 11.4 Å². The van der Waals surface area contributed by atoms with Crippen molar-refractivity contribution in [3.8, 4) is 11.3 Å². The molecule has 0 amide bonds. The molecule has 1 fully saturated rings. The Balaban J connectivity index is 1.64. The molecule has 1 aliphatic rings. The summed E-state index contributed by atoms with van der Waals surface area (Å²) in [5, 5.41) is 7.85. The molecule has 0 radical (unpaired) electrons. The van der Waals surface area contributed by atoms with Crippen molar-refractivity contribution in [2.75, 3.05) is 5.32 Å².